The minimum atomic E-state index is -2.44. The van der Waals surface area contributed by atoms with Gasteiger partial charge < -0.3 is 0 Å². The number of hydrogen-bond acceptors (Lipinski definition) is 3. The Morgan fingerprint density at radius 1 is 0.542 bits per heavy atom. The zero-order valence-corrected chi connectivity index (χ0v) is 46.7. The zero-order valence-electron chi connectivity index (χ0n) is 40.7. The molecule has 356 valence electrons. The molecule has 0 amide bonds. The summed E-state index contributed by atoms with van der Waals surface area (Å²) in [6.45, 7) is 8.60. The summed E-state index contributed by atoms with van der Waals surface area (Å²) in [7, 11) is -2.44. The molecule has 0 N–H and O–H groups in total. The Kier molecular flexibility index (Phi) is 17.1. The molecule has 0 unspecified atom stereocenters. The maximum absolute atomic E-state index is 6.03. The van der Waals surface area contributed by atoms with Crippen molar-refractivity contribution in [3.63, 3.8) is 0 Å². The first-order valence-corrected chi connectivity index (χ1v) is 28.5. The molecule has 0 radical (unpaired) electrons. The normalized spacial score (nSPS) is 17.4. The van der Waals surface area contributed by atoms with Gasteiger partial charge in [0.1, 0.15) is 0 Å². The van der Waals surface area contributed by atoms with E-state index in [1.54, 1.807) is 17.9 Å². The first-order chi connectivity index (χ1) is 35.4. The van der Waals surface area contributed by atoms with Crippen molar-refractivity contribution in [3.05, 3.63) is 273 Å². The summed E-state index contributed by atoms with van der Waals surface area (Å²) in [6, 6.07) is 55.0. The average molecular weight is 1310 g/mol. The summed E-state index contributed by atoms with van der Waals surface area (Å²) in [5, 5.41) is 8.55. The van der Waals surface area contributed by atoms with Crippen molar-refractivity contribution in [3.8, 4) is 8.74 Å². The number of ether oxygens (including phenoxy) is 2. The van der Waals surface area contributed by atoms with Gasteiger partial charge >= 0.3 is 378 Å². The fourth-order valence-corrected chi connectivity index (χ4v) is 15.5. The van der Waals surface area contributed by atoms with Gasteiger partial charge in [-0.15, -0.1) is 0 Å². The van der Waals surface area contributed by atoms with Crippen LogP contribution in [0.3, 0.4) is 0 Å². The van der Waals surface area contributed by atoms with Crippen LogP contribution in [0.15, 0.2) is 251 Å². The van der Waals surface area contributed by atoms with Crippen molar-refractivity contribution in [1.29, 1.82) is 0 Å². The van der Waals surface area contributed by atoms with Gasteiger partial charge in [-0.1, -0.05) is 24.3 Å². The third-order valence-corrected chi connectivity index (χ3v) is 19.4. The summed E-state index contributed by atoms with van der Waals surface area (Å²) in [6.07, 6.45) is 28.3. The van der Waals surface area contributed by atoms with Crippen LogP contribution in [-0.4, -0.2) is 31.4 Å². The van der Waals surface area contributed by atoms with Crippen LogP contribution in [0, 0.1) is 8.74 Å². The third-order valence-electron chi connectivity index (χ3n) is 13.1. The second-order valence-electron chi connectivity index (χ2n) is 17.6. The Morgan fingerprint density at radius 3 is 1.65 bits per heavy atom. The zero-order chi connectivity index (χ0) is 49.7. The van der Waals surface area contributed by atoms with Crippen LogP contribution in [0.1, 0.15) is 43.0 Å². The summed E-state index contributed by atoms with van der Waals surface area (Å²) in [4.78, 5) is 4.80. The van der Waals surface area contributed by atoms with Gasteiger partial charge in [0, 0.05) is 17.0 Å². The molecule has 0 aliphatic carbocycles. The Balaban J connectivity index is 0.995. The van der Waals surface area contributed by atoms with E-state index in [1.807, 2.05) is 37.1 Å². The molecule has 0 atom stereocenters. The molecule has 72 heavy (non-hydrogen) atoms. The molecule has 0 spiro atoms. The number of aromatic nitrogens is 1. The van der Waals surface area contributed by atoms with Crippen LogP contribution >= 0.6 is 7.26 Å². The standard InChI is InChI=1S/C66H55NO2P.2Os/c1-6-18-53-40-58-37-36-57-39-52(33-38-65(57)66(58)67-43-53)19-17-20-59-45-69-47-61(59)41-55(48(3)4)34-31-50-27-29-51(30-28-50)32-35-56(42-60-46-68-44-54(60)7-2)49(5)70(62-21-11-8-12-22-62,63-23-13-9-14-24-63)64-25-15-10-16-26-64;;/h6-43H,44-47H2,1-3H3;;/q+1;;/b18-6+,19-17+,34-31+,35-32+,54-7?,55-48?,56-49?,59-20?,60-42?,61-41?;;. The first kappa shape index (κ1) is 50.5. The van der Waals surface area contributed by atoms with Gasteiger partial charge in [-0.2, -0.15) is 0 Å². The van der Waals surface area contributed by atoms with Crippen LogP contribution in [0.5, 0.6) is 0 Å². The predicted molar refractivity (Wildman–Crippen MR) is 300 cm³/mol. The van der Waals surface area contributed by atoms with E-state index < -0.39 is 7.26 Å². The van der Waals surface area contributed by atoms with Gasteiger partial charge in [0.25, 0.3) is 0 Å². The molecule has 3 heterocycles. The Labute approximate surface area is 445 Å². The molecule has 2 saturated heterocycles. The Morgan fingerprint density at radius 2 is 1.07 bits per heavy atom. The minimum absolute atomic E-state index is 0.570. The van der Waals surface area contributed by atoms with Crippen molar-refractivity contribution in [2.45, 2.75) is 20.8 Å². The van der Waals surface area contributed by atoms with Gasteiger partial charge in [0.15, 0.2) is 0 Å². The molecule has 1 aromatic heterocycles. The summed E-state index contributed by atoms with van der Waals surface area (Å²) in [5.74, 6) is 0. The van der Waals surface area contributed by atoms with Crippen molar-refractivity contribution in [1.82, 2.24) is 4.98 Å². The van der Waals surface area contributed by atoms with E-state index in [2.05, 4.69) is 241 Å². The fourth-order valence-electron chi connectivity index (χ4n) is 9.32. The van der Waals surface area contributed by atoms with Gasteiger partial charge in [-0.3, -0.25) is 4.98 Å². The number of benzene rings is 6. The van der Waals surface area contributed by atoms with Gasteiger partial charge in [0.2, 0.25) is 0 Å². The Bertz CT molecular complexity index is 3440. The summed E-state index contributed by atoms with van der Waals surface area (Å²) < 4.78 is 19.3. The molecule has 2 aliphatic heterocycles. The second kappa shape index (κ2) is 24.3. The Hall–Kier alpha value is -6.43. The van der Waals surface area contributed by atoms with E-state index in [0.717, 1.165) is 55.3 Å². The van der Waals surface area contributed by atoms with E-state index >= 15 is 0 Å². The molecule has 6 aromatic carbocycles. The maximum atomic E-state index is 6.03. The third kappa shape index (κ3) is 11.4. The van der Waals surface area contributed by atoms with Gasteiger partial charge in [-0.05, 0) is 18.6 Å². The molecule has 7 aromatic rings. The summed E-state index contributed by atoms with van der Waals surface area (Å²) in [5.41, 5.74) is 13.6. The van der Waals surface area contributed by atoms with E-state index in [1.165, 1.54) is 48.9 Å². The number of fused-ring (bicyclic) bond motifs is 3. The first-order valence-electron chi connectivity index (χ1n) is 24.2. The molecule has 0 saturated carbocycles. The number of pyridine rings is 1. The molecular formula is C66H55NO2Os2P+. The van der Waals surface area contributed by atoms with Crippen molar-refractivity contribution in [2.75, 3.05) is 26.4 Å². The topological polar surface area (TPSA) is 31.4 Å². The second-order valence-corrected chi connectivity index (χ2v) is 22.3. The molecular weight excluding hydrogens is 1250 g/mol. The number of allylic oxidation sites excluding steroid dienone is 12. The van der Waals surface area contributed by atoms with Crippen molar-refractivity contribution in [2.24, 2.45) is 0 Å². The van der Waals surface area contributed by atoms with Gasteiger partial charge in [-0.25, -0.2) is 0 Å². The van der Waals surface area contributed by atoms with Crippen molar-refractivity contribution >= 4 is 69.2 Å². The fraction of sp³-hybridized carbons (Fsp3) is 0.106. The van der Waals surface area contributed by atoms with Crippen LogP contribution < -0.4 is 15.9 Å². The molecule has 6 heteroatoms. The molecule has 9 rings (SSSR count). The molecule has 0 bridgehead atoms. The van der Waals surface area contributed by atoms with Crippen molar-refractivity contribution < 1.29 is 45.4 Å². The van der Waals surface area contributed by atoms with Crippen LogP contribution in [0.4, 0.5) is 0 Å². The molecule has 2 aliphatic rings. The van der Waals surface area contributed by atoms with Gasteiger partial charge in [0.05, 0.1) is 5.52 Å². The SMILES string of the molecule is CC=C1COCC1=CC(/C=C/c1ccc(/C=C/C(C=C2COCC2=C/C=C/c2ccc3c(ccc4cc(/C=C/C)cnc43)c2)=C(C)[C]#[Os])cc1)=C([C]#[Os])[P+](c1ccccc1)(c1ccccc1)c1ccccc1. The van der Waals surface area contributed by atoms with E-state index in [-0.39, 0.29) is 0 Å². The predicted octanol–water partition coefficient (Wildman–Crippen LogP) is 14.5. The number of hydrogen-bond donors (Lipinski definition) is 0. The molecule has 3 nitrogen and oxygen atoms in total. The van der Waals surface area contributed by atoms with Crippen LogP contribution in [-0.2, 0) is 45.4 Å². The number of nitrogens with zero attached hydrogens (tertiary/aromatic N) is 1. The quantitative estimate of drug-likeness (QED) is 0.0655. The van der Waals surface area contributed by atoms with E-state index in [4.69, 9.17) is 14.5 Å². The van der Waals surface area contributed by atoms with E-state index in [0.29, 0.717) is 26.4 Å². The van der Waals surface area contributed by atoms with E-state index in [9.17, 15) is 0 Å². The van der Waals surface area contributed by atoms with Crippen LogP contribution in [0.25, 0.3) is 46.0 Å². The average Bonchev–Trinajstić information content (AvgIpc) is 4.09. The monoisotopic (exact) mass is 1310 g/mol. The molecule has 2 fully saturated rings. The summed E-state index contributed by atoms with van der Waals surface area (Å²) >= 11 is 3.56. The van der Waals surface area contributed by atoms with Crippen LogP contribution in [0.2, 0.25) is 0 Å². The number of rotatable bonds is 13.